The van der Waals surface area contributed by atoms with Gasteiger partial charge in [0.25, 0.3) is 0 Å². The van der Waals surface area contributed by atoms with Gasteiger partial charge in [-0.1, -0.05) is 117 Å². The quantitative estimate of drug-likeness (QED) is 0.0667. The summed E-state index contributed by atoms with van der Waals surface area (Å²) in [6.45, 7) is 6.83. The molecule has 0 amide bonds. The molecule has 0 atom stereocenters. The molecule has 7 rings (SSSR count). The van der Waals surface area contributed by atoms with Gasteiger partial charge < -0.3 is 0 Å². The molecule has 0 N–H and O–H groups in total. The average molecular weight is 817 g/mol. The van der Waals surface area contributed by atoms with Crippen LogP contribution in [0.15, 0.2) is 99.2 Å². The van der Waals surface area contributed by atoms with Crippen LogP contribution in [0.1, 0.15) is 170 Å². The molecule has 4 heterocycles. The molecular formula is C48H60N6S3. The first kappa shape index (κ1) is 41.9. The molecule has 3 aromatic rings. The van der Waals surface area contributed by atoms with Crippen LogP contribution in [0.5, 0.6) is 0 Å². The molecule has 0 aromatic heterocycles. The van der Waals surface area contributed by atoms with Gasteiger partial charge in [0.2, 0.25) is 0 Å². The molecule has 0 saturated heterocycles. The predicted molar refractivity (Wildman–Crippen MR) is 251 cm³/mol. The smallest absolute Gasteiger partial charge is 0.164 e. The van der Waals surface area contributed by atoms with Gasteiger partial charge in [0.15, 0.2) is 35.0 Å². The van der Waals surface area contributed by atoms with Crippen LogP contribution in [0.2, 0.25) is 0 Å². The van der Waals surface area contributed by atoms with Crippen LogP contribution in [0.3, 0.4) is 0 Å². The molecule has 0 radical (unpaired) electrons. The second-order valence-electron chi connectivity index (χ2n) is 15.6. The molecule has 4 aliphatic rings. The first-order valence-corrected chi connectivity index (χ1v) is 25.0. The summed E-state index contributed by atoms with van der Waals surface area (Å²) in [7, 11) is 0. The molecule has 0 saturated carbocycles. The van der Waals surface area contributed by atoms with Crippen molar-refractivity contribution in [3.8, 4) is 0 Å². The van der Waals surface area contributed by atoms with Gasteiger partial charge in [-0.3, -0.25) is 0 Å². The van der Waals surface area contributed by atoms with Gasteiger partial charge in [-0.2, -0.15) is 0 Å². The maximum absolute atomic E-state index is 5.20. The third-order valence-corrected chi connectivity index (χ3v) is 14.2. The van der Waals surface area contributed by atoms with Crippen LogP contribution in [-0.4, -0.2) is 52.3 Å². The zero-order chi connectivity index (χ0) is 39.2. The highest BCUT2D eigenvalue weighted by Gasteiger charge is 2.31. The first-order valence-electron chi connectivity index (χ1n) is 22.0. The Hall–Kier alpha value is -3.27. The lowest BCUT2D eigenvalue weighted by molar-refractivity contribution is 0.627. The third kappa shape index (κ3) is 11.1. The van der Waals surface area contributed by atoms with E-state index in [0.717, 1.165) is 50.6 Å². The summed E-state index contributed by atoms with van der Waals surface area (Å²) >= 11 is 5.78. The van der Waals surface area contributed by atoms with E-state index in [2.05, 4.69) is 75.4 Å². The summed E-state index contributed by atoms with van der Waals surface area (Å²) in [5, 5.41) is 0. The van der Waals surface area contributed by atoms with Crippen molar-refractivity contribution in [2.45, 2.75) is 151 Å². The Morgan fingerprint density at radius 2 is 0.544 bits per heavy atom. The van der Waals surface area contributed by atoms with E-state index in [9.17, 15) is 0 Å². The topological polar surface area (TPSA) is 74.2 Å². The van der Waals surface area contributed by atoms with Crippen LogP contribution < -0.4 is 0 Å². The zero-order valence-corrected chi connectivity index (χ0v) is 36.9. The molecule has 6 nitrogen and oxygen atoms in total. The predicted octanol–water partition coefficient (Wildman–Crippen LogP) is 14.0. The van der Waals surface area contributed by atoms with Crippen molar-refractivity contribution in [2.75, 3.05) is 17.3 Å². The van der Waals surface area contributed by atoms with Crippen molar-refractivity contribution in [1.82, 2.24) is 0 Å². The number of aliphatic imine (C=N–C) groups is 6. The highest BCUT2D eigenvalue weighted by molar-refractivity contribution is 7.99. The van der Waals surface area contributed by atoms with Crippen LogP contribution in [-0.2, 0) is 0 Å². The van der Waals surface area contributed by atoms with Crippen LogP contribution >= 0.6 is 35.3 Å². The summed E-state index contributed by atoms with van der Waals surface area (Å²) < 4.78 is 0. The Bertz CT molecular complexity index is 1830. The molecule has 6 bridgehead atoms. The van der Waals surface area contributed by atoms with Crippen LogP contribution in [0, 0.1) is 0 Å². The van der Waals surface area contributed by atoms with Crippen LogP contribution in [0.4, 0.5) is 0 Å². The van der Waals surface area contributed by atoms with E-state index in [1.807, 2.05) is 35.3 Å². The fourth-order valence-corrected chi connectivity index (χ4v) is 10.5. The maximum atomic E-state index is 5.20. The van der Waals surface area contributed by atoms with Gasteiger partial charge >= 0.3 is 0 Å². The van der Waals surface area contributed by atoms with Crippen molar-refractivity contribution in [1.29, 1.82) is 0 Å². The highest BCUT2D eigenvalue weighted by atomic mass is 32.2. The monoisotopic (exact) mass is 816 g/mol. The third-order valence-electron chi connectivity index (χ3n) is 11.0. The molecule has 0 fully saturated rings. The van der Waals surface area contributed by atoms with Gasteiger partial charge in [0.05, 0.1) is 0 Å². The number of benzene rings is 3. The van der Waals surface area contributed by atoms with Crippen molar-refractivity contribution < 1.29 is 0 Å². The number of unbranched alkanes of at least 4 members (excludes halogenated alkanes) is 15. The summed E-state index contributed by atoms with van der Waals surface area (Å²) in [6.07, 6.45) is 23.5. The van der Waals surface area contributed by atoms with Gasteiger partial charge in [0, 0.05) is 48.1 Å². The first-order chi connectivity index (χ1) is 28.1. The second kappa shape index (κ2) is 21.7. The Morgan fingerprint density at radius 1 is 0.298 bits per heavy atom. The maximum Gasteiger partial charge on any atom is 0.164 e. The number of thioether (sulfide) groups is 3. The summed E-state index contributed by atoms with van der Waals surface area (Å²) in [5.74, 6) is 7.26. The highest BCUT2D eigenvalue weighted by Crippen LogP contribution is 2.34. The number of fused-ring (bicyclic) bond motifs is 12. The van der Waals surface area contributed by atoms with Gasteiger partial charge in [0.1, 0.15) is 0 Å². The number of amidine groups is 6. The van der Waals surface area contributed by atoms with Gasteiger partial charge in [-0.05, 0) is 91.1 Å². The molecule has 300 valence electrons. The molecular weight excluding hydrogens is 757 g/mol. The van der Waals surface area contributed by atoms with E-state index in [1.165, 1.54) is 130 Å². The Balaban J connectivity index is 1.18. The fourth-order valence-electron chi connectivity index (χ4n) is 7.67. The van der Waals surface area contributed by atoms with Crippen LogP contribution in [0.25, 0.3) is 0 Å². The van der Waals surface area contributed by atoms with E-state index in [-0.39, 0.29) is 0 Å². The lowest BCUT2D eigenvalue weighted by atomic mass is 10.1. The van der Waals surface area contributed by atoms with E-state index in [0.29, 0.717) is 35.0 Å². The summed E-state index contributed by atoms with van der Waals surface area (Å²) in [5.41, 5.74) is 5.99. The summed E-state index contributed by atoms with van der Waals surface area (Å²) in [6, 6.07) is 20.0. The minimum Gasteiger partial charge on any atom is -0.208 e. The molecule has 0 aliphatic carbocycles. The molecule has 4 aliphatic heterocycles. The Morgan fingerprint density at radius 3 is 0.825 bits per heavy atom. The second-order valence-corrected chi connectivity index (χ2v) is 19.1. The summed E-state index contributed by atoms with van der Waals surface area (Å²) in [4.78, 5) is 34.7. The molecule has 3 aromatic carbocycles. The molecule has 0 unspecified atom stereocenters. The number of hydrogen-bond donors (Lipinski definition) is 0. The van der Waals surface area contributed by atoms with Crippen molar-refractivity contribution in [3.05, 3.63) is 88.0 Å². The van der Waals surface area contributed by atoms with Gasteiger partial charge in [-0.15, -0.1) is 35.3 Å². The van der Waals surface area contributed by atoms with Crippen molar-refractivity contribution in [2.24, 2.45) is 30.0 Å². The molecule has 57 heavy (non-hydrogen) atoms. The Labute approximate surface area is 354 Å². The number of rotatable bonds is 24. The SMILES string of the molecule is CCCCCCCCSc1ccc2c(c1)C1=NC3=NC(=NC4=NC(=NC2=N1)c1cc(SCCCCCCCC)ccc14)c1cc(SCCCCCCCC)ccc13. The standard InChI is InChI=1S/C48H60N6S3/c1-4-7-10-13-16-19-28-55-34-22-25-37-40(31-34)46-49-43(37)53-47-42-33-36(57-30-21-18-15-12-9-6-3)24-27-39(42)45(51-47)54-48-41-32-35(23-26-38(41)44(50-48)52-46)56-29-20-17-14-11-8-5-2/h22-27,31-33H,4-21,28-30H2,1-3H3. The Kier molecular flexibility index (Phi) is 15.9. The normalized spacial score (nSPS) is 14.8. The fraction of sp³-hybridized carbons (Fsp3) is 0.500. The largest absolute Gasteiger partial charge is 0.208 e. The molecule has 9 heteroatoms. The number of nitrogens with zero attached hydrogens (tertiary/aromatic N) is 6. The molecule has 0 spiro atoms. The lowest BCUT2D eigenvalue weighted by Crippen LogP contribution is -2.03. The number of hydrogen-bond acceptors (Lipinski definition) is 9. The van der Waals surface area contributed by atoms with E-state index in [4.69, 9.17) is 30.0 Å². The van der Waals surface area contributed by atoms with E-state index < -0.39 is 0 Å². The minimum absolute atomic E-state index is 0.650. The lowest BCUT2D eigenvalue weighted by Gasteiger charge is -2.07. The van der Waals surface area contributed by atoms with Crippen molar-refractivity contribution >= 4 is 70.3 Å². The van der Waals surface area contributed by atoms with Crippen molar-refractivity contribution in [3.63, 3.8) is 0 Å². The van der Waals surface area contributed by atoms with Gasteiger partial charge in [-0.25, -0.2) is 30.0 Å². The zero-order valence-electron chi connectivity index (χ0n) is 34.5. The average Bonchev–Trinajstić information content (AvgIpc) is 3.87. The van der Waals surface area contributed by atoms with E-state index in [1.54, 1.807) is 0 Å². The minimum atomic E-state index is 0.650. The van der Waals surface area contributed by atoms with E-state index >= 15 is 0 Å².